The predicted octanol–water partition coefficient (Wildman–Crippen LogP) is 5.51. The molecule has 5 heteroatoms. The first-order valence-electron chi connectivity index (χ1n) is 9.59. The molecule has 0 radical (unpaired) electrons. The molecule has 1 aromatic carbocycles. The summed E-state index contributed by atoms with van der Waals surface area (Å²) in [5, 5.41) is 9.99. The van der Waals surface area contributed by atoms with E-state index in [-0.39, 0.29) is 0 Å². The number of hydrogen-bond donors (Lipinski definition) is 2. The lowest BCUT2D eigenvalue weighted by Crippen LogP contribution is -1.83. The monoisotopic (exact) mass is 375 g/mol. The quantitative estimate of drug-likeness (QED) is 0.437. The third-order valence-electron chi connectivity index (χ3n) is 5.44. The summed E-state index contributed by atoms with van der Waals surface area (Å²) in [6, 6.07) is 12.5. The minimum absolute atomic E-state index is 0.906. The van der Waals surface area contributed by atoms with Crippen molar-refractivity contribution in [3.63, 3.8) is 0 Å². The molecule has 0 aliphatic heterocycles. The number of aromatic amines is 2. The van der Waals surface area contributed by atoms with Crippen LogP contribution >= 0.6 is 0 Å². The van der Waals surface area contributed by atoms with Crippen LogP contribution in [0.3, 0.4) is 0 Å². The Bertz CT molecular complexity index is 1420. The van der Waals surface area contributed by atoms with Crippen LogP contribution in [0.5, 0.6) is 0 Å². The van der Waals surface area contributed by atoms with Gasteiger partial charge in [-0.1, -0.05) is 30.4 Å². The van der Waals surface area contributed by atoms with E-state index in [9.17, 15) is 0 Å². The van der Waals surface area contributed by atoms with Gasteiger partial charge in [0.25, 0.3) is 0 Å². The molecule has 0 saturated carbocycles. The Morgan fingerprint density at radius 2 is 1.86 bits per heavy atom. The van der Waals surface area contributed by atoms with Gasteiger partial charge in [-0.2, -0.15) is 5.10 Å². The zero-order valence-electron chi connectivity index (χ0n) is 15.6. The minimum Gasteiger partial charge on any atom is -0.352 e. The normalized spacial score (nSPS) is 13.4. The zero-order valence-corrected chi connectivity index (χ0v) is 15.6. The number of pyridine rings is 2. The molecule has 138 valence electrons. The third-order valence-corrected chi connectivity index (χ3v) is 5.44. The van der Waals surface area contributed by atoms with Gasteiger partial charge in [-0.05, 0) is 41.8 Å². The molecule has 6 rings (SSSR count). The second kappa shape index (κ2) is 6.27. The number of hydrogen-bond acceptors (Lipinski definition) is 3. The maximum Gasteiger partial charge on any atom is 0.116 e. The second-order valence-electron chi connectivity index (χ2n) is 7.20. The van der Waals surface area contributed by atoms with Crippen LogP contribution in [0.2, 0.25) is 0 Å². The van der Waals surface area contributed by atoms with Crippen LogP contribution in [0, 0.1) is 0 Å². The summed E-state index contributed by atoms with van der Waals surface area (Å²) < 4.78 is 0. The molecule has 1 aliphatic rings. The Morgan fingerprint density at radius 3 is 2.72 bits per heavy atom. The summed E-state index contributed by atoms with van der Waals surface area (Å²) in [6.07, 6.45) is 15.0. The van der Waals surface area contributed by atoms with E-state index in [2.05, 4.69) is 73.7 Å². The van der Waals surface area contributed by atoms with Crippen molar-refractivity contribution in [2.24, 2.45) is 0 Å². The molecule has 4 heterocycles. The van der Waals surface area contributed by atoms with Gasteiger partial charge in [-0.15, -0.1) is 0 Å². The first-order chi connectivity index (χ1) is 14.4. The molecule has 0 fully saturated rings. The van der Waals surface area contributed by atoms with Crippen molar-refractivity contribution in [2.45, 2.75) is 6.42 Å². The number of allylic oxidation sites excluding steroid dienone is 4. The molecule has 0 unspecified atom stereocenters. The van der Waals surface area contributed by atoms with E-state index in [1.807, 2.05) is 24.7 Å². The molecule has 5 nitrogen and oxygen atoms in total. The molecule has 0 amide bonds. The van der Waals surface area contributed by atoms with Crippen LogP contribution in [0.25, 0.3) is 49.9 Å². The van der Waals surface area contributed by atoms with Crippen molar-refractivity contribution < 1.29 is 0 Å². The summed E-state index contributed by atoms with van der Waals surface area (Å²) in [6.45, 7) is 0. The number of fused-ring (bicyclic) bond motifs is 2. The highest BCUT2D eigenvalue weighted by atomic mass is 15.1. The highest BCUT2D eigenvalue weighted by Crippen LogP contribution is 2.34. The standard InChI is InChI=1S/C24H17N5/c1-2-5-15(4-1)20-13-26-14-23-18(20)11-22(27-23)24-19-10-16(7-8-21(19)28-29-24)17-6-3-9-25-12-17/h1,3-14,27H,2H2,(H,28,29). The van der Waals surface area contributed by atoms with Gasteiger partial charge < -0.3 is 4.98 Å². The van der Waals surface area contributed by atoms with E-state index < -0.39 is 0 Å². The van der Waals surface area contributed by atoms with Crippen molar-refractivity contribution in [1.29, 1.82) is 0 Å². The Kier molecular flexibility index (Phi) is 3.46. The number of aromatic nitrogens is 5. The Morgan fingerprint density at radius 1 is 0.862 bits per heavy atom. The average Bonchev–Trinajstić information content (AvgIpc) is 3.52. The topological polar surface area (TPSA) is 70.2 Å². The minimum atomic E-state index is 0.906. The van der Waals surface area contributed by atoms with Crippen LogP contribution in [0.1, 0.15) is 12.0 Å². The zero-order chi connectivity index (χ0) is 19.2. The van der Waals surface area contributed by atoms with Gasteiger partial charge >= 0.3 is 0 Å². The molecule has 29 heavy (non-hydrogen) atoms. The average molecular weight is 375 g/mol. The van der Waals surface area contributed by atoms with E-state index in [4.69, 9.17) is 0 Å². The number of rotatable bonds is 3. The Hall–Kier alpha value is -3.99. The van der Waals surface area contributed by atoms with Crippen LogP contribution in [0.15, 0.2) is 79.4 Å². The lowest BCUT2D eigenvalue weighted by atomic mass is 10.0. The molecular formula is C24H17N5. The lowest BCUT2D eigenvalue weighted by molar-refractivity contribution is 1.12. The Balaban J connectivity index is 1.52. The fourth-order valence-electron chi connectivity index (χ4n) is 4.00. The largest absolute Gasteiger partial charge is 0.352 e. The van der Waals surface area contributed by atoms with Crippen molar-refractivity contribution >= 4 is 27.4 Å². The SMILES string of the molecule is C1=CC(c2cncc3[nH]c(-c4n[nH]c5ccc(-c6cccnc6)cc45)cc23)=CC1. The third kappa shape index (κ3) is 2.59. The molecular weight excluding hydrogens is 358 g/mol. The van der Waals surface area contributed by atoms with Crippen molar-refractivity contribution in [2.75, 3.05) is 0 Å². The first-order valence-corrected chi connectivity index (χ1v) is 9.59. The van der Waals surface area contributed by atoms with Crippen LogP contribution in [-0.4, -0.2) is 25.1 Å². The second-order valence-corrected chi connectivity index (χ2v) is 7.20. The van der Waals surface area contributed by atoms with Gasteiger partial charge in [0, 0.05) is 40.5 Å². The maximum absolute atomic E-state index is 4.60. The fourth-order valence-corrected chi connectivity index (χ4v) is 4.00. The van der Waals surface area contributed by atoms with Gasteiger partial charge in [0.15, 0.2) is 0 Å². The summed E-state index contributed by atoms with van der Waals surface area (Å²) in [5.74, 6) is 0. The van der Waals surface area contributed by atoms with Crippen molar-refractivity contribution in [3.8, 4) is 22.5 Å². The van der Waals surface area contributed by atoms with Crippen molar-refractivity contribution in [1.82, 2.24) is 25.1 Å². The molecule has 1 aliphatic carbocycles. The van der Waals surface area contributed by atoms with Crippen LogP contribution in [0.4, 0.5) is 0 Å². The van der Waals surface area contributed by atoms with Crippen LogP contribution < -0.4 is 0 Å². The molecule has 0 spiro atoms. The number of benzene rings is 1. The van der Waals surface area contributed by atoms with E-state index in [0.29, 0.717) is 0 Å². The fraction of sp³-hybridized carbons (Fsp3) is 0.0417. The van der Waals surface area contributed by atoms with E-state index >= 15 is 0 Å². The first kappa shape index (κ1) is 16.0. The molecule has 4 aromatic heterocycles. The summed E-state index contributed by atoms with van der Waals surface area (Å²) in [5.41, 5.74) is 8.48. The predicted molar refractivity (Wildman–Crippen MR) is 116 cm³/mol. The van der Waals surface area contributed by atoms with E-state index in [0.717, 1.165) is 56.3 Å². The maximum atomic E-state index is 4.60. The molecule has 0 saturated heterocycles. The highest BCUT2D eigenvalue weighted by molar-refractivity contribution is 6.01. The number of H-pyrrole nitrogens is 2. The van der Waals surface area contributed by atoms with Gasteiger partial charge in [-0.3, -0.25) is 15.1 Å². The van der Waals surface area contributed by atoms with Gasteiger partial charge in [0.05, 0.1) is 22.9 Å². The highest BCUT2D eigenvalue weighted by Gasteiger charge is 2.15. The van der Waals surface area contributed by atoms with Gasteiger partial charge in [0.1, 0.15) is 5.69 Å². The van der Waals surface area contributed by atoms with Crippen LogP contribution in [-0.2, 0) is 0 Å². The smallest absolute Gasteiger partial charge is 0.116 e. The number of nitrogens with one attached hydrogen (secondary N) is 2. The molecule has 2 N–H and O–H groups in total. The Labute approximate surface area is 166 Å². The molecule has 0 atom stereocenters. The summed E-state index contributed by atoms with van der Waals surface area (Å²) in [7, 11) is 0. The summed E-state index contributed by atoms with van der Waals surface area (Å²) >= 11 is 0. The number of nitrogens with zero attached hydrogens (tertiary/aromatic N) is 3. The molecule has 0 bridgehead atoms. The van der Waals surface area contributed by atoms with E-state index in [1.165, 1.54) is 5.57 Å². The van der Waals surface area contributed by atoms with Gasteiger partial charge in [-0.25, -0.2) is 0 Å². The summed E-state index contributed by atoms with van der Waals surface area (Å²) in [4.78, 5) is 12.2. The van der Waals surface area contributed by atoms with E-state index in [1.54, 1.807) is 6.20 Å². The van der Waals surface area contributed by atoms with Gasteiger partial charge in [0.2, 0.25) is 0 Å². The molecule has 5 aromatic rings. The van der Waals surface area contributed by atoms with Crippen molar-refractivity contribution in [3.05, 3.63) is 85.0 Å². The lowest BCUT2D eigenvalue weighted by Gasteiger charge is -2.01.